The first kappa shape index (κ1) is 12.5. The number of aromatic nitrogens is 4. The molecule has 96 valence electrons. The highest BCUT2D eigenvalue weighted by atomic mass is 32.2. The molecule has 2 aromatic rings. The van der Waals surface area contributed by atoms with Crippen LogP contribution >= 0.6 is 11.8 Å². The van der Waals surface area contributed by atoms with Crippen molar-refractivity contribution in [2.24, 2.45) is 7.05 Å². The van der Waals surface area contributed by atoms with E-state index in [9.17, 15) is 9.59 Å². The van der Waals surface area contributed by atoms with E-state index in [-0.39, 0.29) is 0 Å². The van der Waals surface area contributed by atoms with Gasteiger partial charge in [0.1, 0.15) is 4.90 Å². The molecule has 8 heteroatoms. The second kappa shape index (κ2) is 4.73. The SMILES string of the molecule is COC(=O)n1[nH]c(C)c(Sc2nccn2C)c1=O. The number of methoxy groups -OCH3 is 1. The summed E-state index contributed by atoms with van der Waals surface area (Å²) in [6, 6.07) is 0. The van der Waals surface area contributed by atoms with Crippen LogP contribution in [0.4, 0.5) is 4.79 Å². The summed E-state index contributed by atoms with van der Waals surface area (Å²) >= 11 is 1.20. The molecule has 2 aromatic heterocycles. The largest absolute Gasteiger partial charge is 0.451 e. The molecule has 18 heavy (non-hydrogen) atoms. The topological polar surface area (TPSA) is 81.9 Å². The number of rotatable bonds is 2. The minimum Gasteiger partial charge on any atom is -0.451 e. The Morgan fingerprint density at radius 2 is 2.28 bits per heavy atom. The first-order chi connectivity index (χ1) is 8.54. The number of nitrogens with one attached hydrogen (secondary N) is 1. The van der Waals surface area contributed by atoms with Gasteiger partial charge in [0, 0.05) is 25.1 Å². The van der Waals surface area contributed by atoms with E-state index in [1.165, 1.54) is 18.9 Å². The van der Waals surface area contributed by atoms with Crippen LogP contribution in [0.15, 0.2) is 27.2 Å². The lowest BCUT2D eigenvalue weighted by molar-refractivity contribution is 0.168. The summed E-state index contributed by atoms with van der Waals surface area (Å²) < 4.78 is 7.13. The van der Waals surface area contributed by atoms with Gasteiger partial charge in [0.2, 0.25) is 0 Å². The molecule has 0 amide bonds. The van der Waals surface area contributed by atoms with Crippen molar-refractivity contribution >= 4 is 17.9 Å². The van der Waals surface area contributed by atoms with E-state index >= 15 is 0 Å². The average Bonchev–Trinajstić information content (AvgIpc) is 2.87. The molecule has 0 aromatic carbocycles. The van der Waals surface area contributed by atoms with Crippen molar-refractivity contribution in [2.75, 3.05) is 7.11 Å². The predicted molar refractivity (Wildman–Crippen MR) is 64.9 cm³/mol. The van der Waals surface area contributed by atoms with Crippen LogP contribution < -0.4 is 5.56 Å². The fourth-order valence-electron chi connectivity index (χ4n) is 1.41. The number of ether oxygens (including phenoxy) is 1. The van der Waals surface area contributed by atoms with Crippen LogP contribution in [0.1, 0.15) is 5.69 Å². The van der Waals surface area contributed by atoms with E-state index in [1.807, 2.05) is 7.05 Å². The molecule has 0 radical (unpaired) electrons. The van der Waals surface area contributed by atoms with Crippen LogP contribution in [-0.2, 0) is 11.8 Å². The molecule has 0 saturated heterocycles. The molecule has 0 saturated carbocycles. The Balaban J connectivity index is 2.41. The third-order valence-corrected chi connectivity index (χ3v) is 3.61. The number of carbonyl (C=O) groups excluding carboxylic acids is 1. The molecule has 0 bridgehead atoms. The van der Waals surface area contributed by atoms with Gasteiger partial charge in [-0.3, -0.25) is 9.89 Å². The lowest BCUT2D eigenvalue weighted by Gasteiger charge is -1.98. The van der Waals surface area contributed by atoms with E-state index in [0.29, 0.717) is 15.7 Å². The van der Waals surface area contributed by atoms with Crippen molar-refractivity contribution in [2.45, 2.75) is 17.0 Å². The van der Waals surface area contributed by atoms with Gasteiger partial charge >= 0.3 is 6.09 Å². The van der Waals surface area contributed by atoms with Gasteiger partial charge < -0.3 is 9.30 Å². The summed E-state index contributed by atoms with van der Waals surface area (Å²) in [7, 11) is 3.05. The minimum atomic E-state index is -0.741. The zero-order valence-corrected chi connectivity index (χ0v) is 10.9. The third kappa shape index (κ3) is 2.06. The van der Waals surface area contributed by atoms with Gasteiger partial charge in [-0.25, -0.2) is 9.78 Å². The van der Waals surface area contributed by atoms with Gasteiger partial charge in [-0.15, -0.1) is 4.68 Å². The first-order valence-electron chi connectivity index (χ1n) is 5.09. The maximum atomic E-state index is 12.0. The van der Waals surface area contributed by atoms with Crippen molar-refractivity contribution in [1.82, 2.24) is 19.3 Å². The maximum absolute atomic E-state index is 12.0. The minimum absolute atomic E-state index is 0.426. The molecule has 2 heterocycles. The molecule has 0 aliphatic heterocycles. The summed E-state index contributed by atoms with van der Waals surface area (Å²) in [5.41, 5.74) is 0.158. The summed E-state index contributed by atoms with van der Waals surface area (Å²) in [6.07, 6.45) is 2.68. The second-order valence-electron chi connectivity index (χ2n) is 3.60. The molecule has 2 rings (SSSR count). The molecule has 0 spiro atoms. The Labute approximate surface area is 107 Å². The standard InChI is InChI=1S/C10H12N4O3S/c1-6-7(18-9-11-4-5-13(9)2)8(15)14(12-6)10(16)17-3/h4-5,12H,1-3H3. The zero-order valence-electron chi connectivity index (χ0n) is 10.1. The van der Waals surface area contributed by atoms with Gasteiger partial charge in [-0.1, -0.05) is 0 Å². The smallest absolute Gasteiger partial charge is 0.436 e. The van der Waals surface area contributed by atoms with Crippen LogP contribution in [0, 0.1) is 6.92 Å². The molecule has 0 atom stereocenters. The molecule has 0 fully saturated rings. The number of H-pyrrole nitrogens is 1. The Hall–Kier alpha value is -1.96. The van der Waals surface area contributed by atoms with E-state index < -0.39 is 11.7 Å². The lowest BCUT2D eigenvalue weighted by Crippen LogP contribution is -2.25. The van der Waals surface area contributed by atoms with E-state index in [4.69, 9.17) is 0 Å². The molecule has 7 nitrogen and oxygen atoms in total. The van der Waals surface area contributed by atoms with Gasteiger partial charge in [0.25, 0.3) is 5.56 Å². The normalized spacial score (nSPS) is 10.6. The van der Waals surface area contributed by atoms with Crippen molar-refractivity contribution < 1.29 is 9.53 Å². The van der Waals surface area contributed by atoms with Crippen LogP contribution in [0.25, 0.3) is 0 Å². The second-order valence-corrected chi connectivity index (χ2v) is 4.58. The van der Waals surface area contributed by atoms with Crippen molar-refractivity contribution in [3.05, 3.63) is 28.4 Å². The van der Waals surface area contributed by atoms with Crippen LogP contribution in [0.3, 0.4) is 0 Å². The molecule has 0 unspecified atom stereocenters. The monoisotopic (exact) mass is 268 g/mol. The summed E-state index contributed by atoms with van der Waals surface area (Å²) in [4.78, 5) is 27.9. The summed E-state index contributed by atoms with van der Waals surface area (Å²) in [5.74, 6) is 0. The van der Waals surface area contributed by atoms with Crippen LogP contribution in [-0.4, -0.2) is 32.5 Å². The van der Waals surface area contributed by atoms with Crippen molar-refractivity contribution in [3.8, 4) is 0 Å². The van der Waals surface area contributed by atoms with Gasteiger partial charge in [-0.2, -0.15) is 0 Å². The molecule has 0 aliphatic carbocycles. The van der Waals surface area contributed by atoms with Crippen LogP contribution in [0.2, 0.25) is 0 Å². The Morgan fingerprint density at radius 1 is 1.56 bits per heavy atom. The highest BCUT2D eigenvalue weighted by Gasteiger charge is 2.18. The number of imidazole rings is 1. The zero-order chi connectivity index (χ0) is 13.3. The van der Waals surface area contributed by atoms with Crippen LogP contribution in [0.5, 0.6) is 0 Å². The van der Waals surface area contributed by atoms with Gasteiger partial charge in [0.15, 0.2) is 5.16 Å². The Kier molecular flexibility index (Phi) is 3.28. The number of aryl methyl sites for hydroxylation is 2. The number of nitrogens with zero attached hydrogens (tertiary/aromatic N) is 3. The number of hydrogen-bond donors (Lipinski definition) is 1. The highest BCUT2D eigenvalue weighted by Crippen LogP contribution is 2.24. The highest BCUT2D eigenvalue weighted by molar-refractivity contribution is 7.99. The predicted octanol–water partition coefficient (Wildman–Crippen LogP) is 0.984. The molecule has 0 aliphatic rings. The maximum Gasteiger partial charge on any atom is 0.436 e. The van der Waals surface area contributed by atoms with Crippen molar-refractivity contribution in [1.29, 1.82) is 0 Å². The molecular weight excluding hydrogens is 256 g/mol. The first-order valence-corrected chi connectivity index (χ1v) is 5.91. The number of aromatic amines is 1. The number of carbonyl (C=O) groups is 1. The third-order valence-electron chi connectivity index (χ3n) is 2.34. The summed E-state index contributed by atoms with van der Waals surface area (Å²) in [5, 5.41) is 3.34. The molecule has 1 N–H and O–H groups in total. The fraction of sp³-hybridized carbons (Fsp3) is 0.300. The average molecular weight is 268 g/mol. The quantitative estimate of drug-likeness (QED) is 0.878. The lowest BCUT2D eigenvalue weighted by atomic mass is 10.5. The molecular formula is C10H12N4O3S. The van der Waals surface area contributed by atoms with Gasteiger partial charge in [0.05, 0.1) is 7.11 Å². The van der Waals surface area contributed by atoms with Crippen molar-refractivity contribution in [3.63, 3.8) is 0 Å². The number of hydrogen-bond acceptors (Lipinski definition) is 5. The van der Waals surface area contributed by atoms with E-state index in [2.05, 4.69) is 14.8 Å². The van der Waals surface area contributed by atoms with E-state index in [0.717, 1.165) is 4.68 Å². The Morgan fingerprint density at radius 3 is 2.83 bits per heavy atom. The Bertz CT molecular complexity index is 640. The fourth-order valence-corrected chi connectivity index (χ4v) is 2.29. The van der Waals surface area contributed by atoms with Gasteiger partial charge in [-0.05, 0) is 18.7 Å². The summed E-state index contributed by atoms with van der Waals surface area (Å²) in [6.45, 7) is 1.71. The van der Waals surface area contributed by atoms with E-state index in [1.54, 1.807) is 23.9 Å².